The molecule has 13 heteroatoms. The van der Waals surface area contributed by atoms with Gasteiger partial charge >= 0.3 is 28.7 Å². The van der Waals surface area contributed by atoms with Crippen LogP contribution in [0.5, 0.6) is 0 Å². The van der Waals surface area contributed by atoms with Crippen LogP contribution in [0, 0.1) is 0 Å². The molecule has 21 heavy (non-hydrogen) atoms. The second-order valence-corrected chi connectivity index (χ2v) is 10.1. The average molecular weight is 364 g/mol. The summed E-state index contributed by atoms with van der Waals surface area (Å²) in [4.78, 5) is 0. The second-order valence-electron chi connectivity index (χ2n) is 3.67. The normalized spacial score (nSPS) is 13.7. The Morgan fingerprint density at radius 2 is 1.10 bits per heavy atom. The van der Waals surface area contributed by atoms with Crippen LogP contribution in [-0.4, -0.2) is 68.5 Å². The first-order valence-electron chi connectivity index (χ1n) is 5.25. The predicted molar refractivity (Wildman–Crippen MR) is 64.6 cm³/mol. The molecular weight excluding hydrogens is 346 g/mol. The highest BCUT2D eigenvalue weighted by molar-refractivity contribution is 6.69. The van der Waals surface area contributed by atoms with E-state index in [0.717, 1.165) is 35.0 Å². The Bertz CT molecular complexity index is 282. The van der Waals surface area contributed by atoms with Gasteiger partial charge in [-0.25, -0.2) is 0 Å². The lowest BCUT2D eigenvalue weighted by Crippen LogP contribution is -2.58. The molecule has 0 fully saturated rings. The van der Waals surface area contributed by atoms with Crippen molar-refractivity contribution in [2.24, 2.45) is 0 Å². The van der Waals surface area contributed by atoms with Crippen molar-refractivity contribution in [2.75, 3.05) is 34.7 Å². The number of rotatable bonds is 5. The van der Waals surface area contributed by atoms with Gasteiger partial charge in [-0.1, -0.05) is 0 Å². The van der Waals surface area contributed by atoms with E-state index in [2.05, 4.69) is 17.7 Å². The molecule has 0 saturated carbocycles. The maximum Gasteiger partial charge on any atom is 0.483 e. The lowest BCUT2D eigenvalue weighted by Gasteiger charge is -2.26. The average Bonchev–Trinajstić information content (AvgIpc) is 2.38. The molecule has 0 saturated heterocycles. The molecule has 0 aromatic rings. The maximum atomic E-state index is 12.0. The van der Waals surface area contributed by atoms with Crippen LogP contribution in [0.15, 0.2) is 0 Å². The van der Waals surface area contributed by atoms with Gasteiger partial charge in [-0.05, 0) is 6.55 Å². The first-order chi connectivity index (χ1) is 9.30. The largest absolute Gasteiger partial charge is 0.483 e. The molecule has 0 aromatic carbocycles. The quantitative estimate of drug-likeness (QED) is 0.596. The van der Waals surface area contributed by atoms with Gasteiger partial charge in [0, 0.05) is 28.4 Å². The van der Waals surface area contributed by atoms with Crippen molar-refractivity contribution in [3.8, 4) is 0 Å². The van der Waals surface area contributed by atoms with Gasteiger partial charge in [-0.15, -0.1) is 0 Å². The molecule has 0 unspecified atom stereocenters. The molecule has 0 spiro atoms. The maximum absolute atomic E-state index is 12.0. The Hall–Kier alpha value is -0.186. The molecule has 0 aliphatic rings. The van der Waals surface area contributed by atoms with Gasteiger partial charge in [0.25, 0.3) is 0 Å². The summed E-state index contributed by atoms with van der Waals surface area (Å²) < 4.78 is 88.6. The lowest BCUT2D eigenvalue weighted by atomic mass is 11.5. The van der Waals surface area contributed by atoms with Crippen LogP contribution in [-0.2, 0) is 17.7 Å². The molecule has 0 heterocycles. The molecule has 0 aliphatic carbocycles. The van der Waals surface area contributed by atoms with Gasteiger partial charge in [0.05, 0.1) is 6.23 Å². The zero-order valence-electron chi connectivity index (χ0n) is 12.1. The van der Waals surface area contributed by atoms with Gasteiger partial charge < -0.3 is 22.8 Å². The molecule has 0 aliphatic heterocycles. The summed E-state index contributed by atoms with van der Waals surface area (Å²) in [5, 5.41) is 8.40. The highest BCUT2D eigenvalue weighted by Gasteiger charge is 2.61. The van der Waals surface area contributed by atoms with Crippen molar-refractivity contribution >= 4 is 17.1 Å². The van der Waals surface area contributed by atoms with Gasteiger partial charge in [-0.3, -0.25) is 0 Å². The Labute approximate surface area is 120 Å². The monoisotopic (exact) mass is 364 g/mol. The molecule has 1 N–H and O–H groups in total. The Balaban J connectivity index is 0. The van der Waals surface area contributed by atoms with E-state index in [9.17, 15) is 26.3 Å². The molecule has 0 radical (unpaired) electrons. The number of halogens is 6. The fourth-order valence-corrected chi connectivity index (χ4v) is 2.54. The van der Waals surface area contributed by atoms with Crippen LogP contribution in [0.1, 0.15) is 0 Å². The molecule has 0 rings (SSSR count). The van der Waals surface area contributed by atoms with Crippen LogP contribution < -0.4 is 0 Å². The molecule has 0 bridgehead atoms. The third kappa shape index (κ3) is 5.84. The summed E-state index contributed by atoms with van der Waals surface area (Å²) in [5.41, 5.74) is 0. The van der Waals surface area contributed by atoms with E-state index in [1.54, 1.807) is 0 Å². The minimum absolute atomic E-state index is 0.874. The smallest absolute Gasteiger partial charge is 0.394 e. The van der Waals surface area contributed by atoms with Crippen molar-refractivity contribution in [1.29, 1.82) is 0 Å². The minimum atomic E-state index is -4.59. The minimum Gasteiger partial charge on any atom is -0.394 e. The van der Waals surface area contributed by atoms with E-state index >= 15 is 0 Å². The Morgan fingerprint density at radius 1 is 0.762 bits per heavy atom. The van der Waals surface area contributed by atoms with Crippen molar-refractivity contribution in [1.82, 2.24) is 0 Å². The van der Waals surface area contributed by atoms with Crippen molar-refractivity contribution in [3.63, 3.8) is 0 Å². The molecule has 0 atom stereocenters. The second kappa shape index (κ2) is 8.45. The number of alkyl halides is 6. The van der Waals surface area contributed by atoms with E-state index in [4.69, 9.17) is 5.11 Å². The molecular formula is C8H18F6O5Si2. The standard InChI is InChI=1S/C4H9F3O3Si.C4H9F3O2Si/c1-9-11(3-8,10-2)4(5,6)7;1-8-10(3,9-2)4(5,6)7/h8H,3H2,1-2H3;1-3H3. The number of hydrogen-bond donors (Lipinski definition) is 1. The van der Waals surface area contributed by atoms with Crippen LogP contribution in [0.4, 0.5) is 26.3 Å². The fraction of sp³-hybridized carbons (Fsp3) is 1.00. The van der Waals surface area contributed by atoms with Crippen molar-refractivity contribution < 1.29 is 49.2 Å². The third-order valence-corrected chi connectivity index (χ3v) is 7.78. The van der Waals surface area contributed by atoms with E-state index in [-0.39, 0.29) is 0 Å². The summed E-state index contributed by atoms with van der Waals surface area (Å²) in [6.45, 7) is 0.951. The first kappa shape index (κ1) is 23.1. The lowest BCUT2D eigenvalue weighted by molar-refractivity contribution is -0.0982. The van der Waals surface area contributed by atoms with Gasteiger partial charge in [0.15, 0.2) is 0 Å². The van der Waals surface area contributed by atoms with E-state index < -0.39 is 35.0 Å². The Kier molecular flexibility index (Phi) is 9.29. The van der Waals surface area contributed by atoms with Gasteiger partial charge in [0.1, 0.15) is 0 Å². The van der Waals surface area contributed by atoms with E-state index in [1.807, 2.05) is 0 Å². The molecule has 5 nitrogen and oxygen atoms in total. The van der Waals surface area contributed by atoms with Crippen molar-refractivity contribution in [3.05, 3.63) is 0 Å². The highest BCUT2D eigenvalue weighted by atomic mass is 28.4. The van der Waals surface area contributed by atoms with Crippen LogP contribution in [0.3, 0.4) is 0 Å². The molecule has 130 valence electrons. The first-order valence-corrected chi connectivity index (χ1v) is 9.59. The summed E-state index contributed by atoms with van der Waals surface area (Å²) in [7, 11) is -4.51. The Morgan fingerprint density at radius 3 is 1.10 bits per heavy atom. The summed E-state index contributed by atoms with van der Waals surface area (Å²) in [6, 6.07) is 0. The fourth-order valence-electron chi connectivity index (χ4n) is 0.848. The highest BCUT2D eigenvalue weighted by Crippen LogP contribution is 2.29. The predicted octanol–water partition coefficient (Wildman–Crippen LogP) is 1.81. The molecule has 0 amide bonds. The number of aliphatic hydroxyl groups excluding tert-OH is 1. The van der Waals surface area contributed by atoms with Gasteiger partial charge in [-0.2, -0.15) is 26.3 Å². The van der Waals surface area contributed by atoms with E-state index in [1.165, 1.54) is 0 Å². The van der Waals surface area contributed by atoms with E-state index in [0.29, 0.717) is 0 Å². The van der Waals surface area contributed by atoms with Crippen LogP contribution in [0.2, 0.25) is 6.55 Å². The zero-order valence-corrected chi connectivity index (χ0v) is 14.1. The van der Waals surface area contributed by atoms with Crippen molar-refractivity contribution in [2.45, 2.75) is 18.1 Å². The van der Waals surface area contributed by atoms with Crippen LogP contribution in [0.25, 0.3) is 0 Å². The SMILES string of the molecule is CO[Si](C)(OC)C(F)(F)F.CO[Si](CO)(OC)C(F)(F)F. The summed E-state index contributed by atoms with van der Waals surface area (Å²) in [5.74, 6) is -8.94. The van der Waals surface area contributed by atoms with Crippen LogP contribution >= 0.6 is 0 Å². The topological polar surface area (TPSA) is 57.2 Å². The summed E-state index contributed by atoms with van der Waals surface area (Å²) in [6.07, 6.45) is -1.12. The van der Waals surface area contributed by atoms with Gasteiger partial charge in [0.2, 0.25) is 0 Å². The number of aliphatic hydroxyl groups is 1. The third-order valence-electron chi connectivity index (χ3n) is 2.59. The molecule has 0 aromatic heterocycles. The number of hydrogen-bond acceptors (Lipinski definition) is 5. The summed E-state index contributed by atoms with van der Waals surface area (Å²) >= 11 is 0. The zero-order chi connectivity index (χ0) is 17.5.